The molecule has 5 aromatic rings. The fraction of sp³-hybridized carbons (Fsp3) is 0.435. The maximum Gasteiger partial charge on any atom is 0.407 e. The molecular weight excluding hydrogens is 777 g/mol. The fourth-order valence-electron chi connectivity index (χ4n) is 8.57. The van der Waals surface area contributed by atoms with Gasteiger partial charge in [-0.15, -0.1) is 0 Å². The van der Waals surface area contributed by atoms with Gasteiger partial charge in [-0.3, -0.25) is 9.59 Å². The average molecular weight is 833 g/mol. The Morgan fingerprint density at radius 3 is 1.74 bits per heavy atom. The van der Waals surface area contributed by atoms with Crippen LogP contribution in [-0.2, 0) is 19.1 Å². The van der Waals surface area contributed by atoms with Crippen LogP contribution >= 0.6 is 0 Å². The van der Waals surface area contributed by atoms with Crippen molar-refractivity contribution in [3.63, 3.8) is 0 Å². The number of nitrogens with zero attached hydrogens (tertiary/aromatic N) is 4. The molecule has 2 aliphatic heterocycles. The van der Waals surface area contributed by atoms with Gasteiger partial charge in [-0.05, 0) is 98.9 Å². The van der Waals surface area contributed by atoms with E-state index in [-0.39, 0.29) is 29.8 Å². The van der Waals surface area contributed by atoms with Crippen LogP contribution in [-0.4, -0.2) is 103 Å². The summed E-state index contributed by atoms with van der Waals surface area (Å²) in [6, 6.07) is 18.6. The number of H-pyrrole nitrogens is 2. The average Bonchev–Trinajstić information content (AvgIpc) is 4.07. The summed E-state index contributed by atoms with van der Waals surface area (Å²) in [5.74, 6) is 0.788. The molecule has 4 heterocycles. The van der Waals surface area contributed by atoms with E-state index in [1.165, 1.54) is 7.11 Å². The quantitative estimate of drug-likeness (QED) is 0.0833. The van der Waals surface area contributed by atoms with Crippen LogP contribution in [0.5, 0.6) is 0 Å². The van der Waals surface area contributed by atoms with E-state index >= 15 is 0 Å². The summed E-state index contributed by atoms with van der Waals surface area (Å²) in [4.78, 5) is 70.8. The normalized spacial score (nSPS) is 18.3. The number of benzene rings is 3. The lowest BCUT2D eigenvalue weighted by atomic mass is 9.98. The topological polar surface area (TPSA) is 195 Å². The fourth-order valence-corrected chi connectivity index (χ4v) is 8.57. The van der Waals surface area contributed by atoms with E-state index in [0.29, 0.717) is 25.3 Å². The summed E-state index contributed by atoms with van der Waals surface area (Å²) >= 11 is 0. The number of hydrogen-bond acceptors (Lipinski definition) is 8. The molecule has 2 saturated heterocycles. The van der Waals surface area contributed by atoms with Crippen LogP contribution in [0, 0.1) is 5.92 Å². The first-order valence-electron chi connectivity index (χ1n) is 21.0. The smallest absolute Gasteiger partial charge is 0.407 e. The molecule has 61 heavy (non-hydrogen) atoms. The second-order valence-corrected chi connectivity index (χ2v) is 17.3. The van der Waals surface area contributed by atoms with Crippen LogP contribution in [0.4, 0.5) is 9.59 Å². The van der Waals surface area contributed by atoms with Crippen molar-refractivity contribution in [1.82, 2.24) is 40.4 Å². The van der Waals surface area contributed by atoms with Crippen LogP contribution in [0.1, 0.15) is 91.0 Å². The van der Waals surface area contributed by atoms with Crippen LogP contribution in [0.25, 0.3) is 44.4 Å². The number of nitrogens with one attached hydrogen (secondary N) is 4. The second kappa shape index (κ2) is 17.8. The largest absolute Gasteiger partial charge is 0.465 e. The molecular formula is C46H56N8O7. The molecule has 0 saturated carbocycles. The molecule has 15 heteroatoms. The standard InChI is InChI=1S/C46H56N8O7/c1-26(2)38(52-45(59)60-7)42(55)53-20-8-10-36(53)41-48-25-35(50-41)33-19-18-31-22-30(16-17-32(31)23-33)28-12-14-29(15-13-28)34-24-47-40(49-34)37-11-9-21-54(37)43(56)39(51-44(57)58)27(3)61-46(4,5)6/h12-19,22-27,36-39,51H,8-11,20-21H2,1-7H3,(H,47,49)(H,48,50)(H,52,59)(H,57,58)/t27-,36+,37+,38+,39+/m1/s1. The summed E-state index contributed by atoms with van der Waals surface area (Å²) in [7, 11) is 1.29. The van der Waals surface area contributed by atoms with Crippen LogP contribution < -0.4 is 10.6 Å². The molecule has 5 atom stereocenters. The number of methoxy groups -OCH3 is 1. The van der Waals surface area contributed by atoms with E-state index < -0.39 is 36.0 Å². The van der Waals surface area contributed by atoms with Crippen molar-refractivity contribution in [2.24, 2.45) is 5.92 Å². The Balaban J connectivity index is 1.02. The monoisotopic (exact) mass is 832 g/mol. The van der Waals surface area contributed by atoms with Gasteiger partial charge in [0.15, 0.2) is 0 Å². The van der Waals surface area contributed by atoms with Gasteiger partial charge in [0.1, 0.15) is 23.7 Å². The number of rotatable bonds is 12. The minimum atomic E-state index is -1.28. The lowest BCUT2D eigenvalue weighted by Gasteiger charge is -2.33. The minimum absolute atomic E-state index is 0.112. The third kappa shape index (κ3) is 9.57. The number of carbonyl (C=O) groups is 4. The zero-order valence-corrected chi connectivity index (χ0v) is 35.8. The van der Waals surface area contributed by atoms with Crippen molar-refractivity contribution >= 4 is 34.8 Å². The van der Waals surface area contributed by atoms with Crippen LogP contribution in [0.3, 0.4) is 0 Å². The predicted molar refractivity (Wildman–Crippen MR) is 231 cm³/mol. The van der Waals surface area contributed by atoms with Gasteiger partial charge in [0.2, 0.25) is 11.8 Å². The maximum atomic E-state index is 13.8. The van der Waals surface area contributed by atoms with Gasteiger partial charge < -0.3 is 45.0 Å². The summed E-state index contributed by atoms with van der Waals surface area (Å²) in [5.41, 5.74) is 5.18. The van der Waals surface area contributed by atoms with E-state index in [1.807, 2.05) is 57.8 Å². The molecule has 2 aromatic heterocycles. The molecule has 322 valence electrons. The van der Waals surface area contributed by atoms with Gasteiger partial charge >= 0.3 is 12.2 Å². The molecule has 4 amide bonds. The molecule has 5 N–H and O–H groups in total. The Hall–Kier alpha value is -6.22. The number of carbonyl (C=O) groups excluding carboxylic acids is 3. The zero-order valence-electron chi connectivity index (χ0n) is 35.8. The number of imidazole rings is 2. The first-order valence-corrected chi connectivity index (χ1v) is 21.0. The molecule has 15 nitrogen and oxygen atoms in total. The van der Waals surface area contributed by atoms with Crippen molar-refractivity contribution in [3.8, 4) is 33.6 Å². The lowest BCUT2D eigenvalue weighted by Crippen LogP contribution is -2.55. The van der Waals surface area contributed by atoms with Gasteiger partial charge in [0.25, 0.3) is 0 Å². The van der Waals surface area contributed by atoms with Crippen molar-refractivity contribution in [1.29, 1.82) is 0 Å². The summed E-state index contributed by atoms with van der Waals surface area (Å²) in [6.07, 6.45) is 4.10. The van der Waals surface area contributed by atoms with Crippen LogP contribution in [0.2, 0.25) is 0 Å². The van der Waals surface area contributed by atoms with E-state index in [4.69, 9.17) is 14.5 Å². The van der Waals surface area contributed by atoms with Gasteiger partial charge in [-0.25, -0.2) is 19.6 Å². The summed E-state index contributed by atoms with van der Waals surface area (Å²) < 4.78 is 10.8. The van der Waals surface area contributed by atoms with E-state index in [2.05, 4.69) is 74.1 Å². The molecule has 0 bridgehead atoms. The SMILES string of the molecule is COC(=O)N[C@H](C(=O)N1CCC[C@H]1c1ncc(-c2ccc3cc(-c4ccc(-c5cnc([C@@H]6CCCN6C(=O)[C@@H](NC(=O)O)[C@@H](C)OC(C)(C)C)[nH]5)cc4)ccc3c2)[nH]1)C(C)C. The lowest BCUT2D eigenvalue weighted by molar-refractivity contribution is -0.142. The minimum Gasteiger partial charge on any atom is -0.465 e. The second-order valence-electron chi connectivity index (χ2n) is 17.3. The predicted octanol–water partition coefficient (Wildman–Crippen LogP) is 7.83. The number of ether oxygens (including phenoxy) is 2. The Bertz CT molecular complexity index is 2380. The highest BCUT2D eigenvalue weighted by atomic mass is 16.5. The Labute approximate surface area is 355 Å². The van der Waals surface area contributed by atoms with Gasteiger partial charge in [0.05, 0.1) is 54.7 Å². The van der Waals surface area contributed by atoms with Gasteiger partial charge in [-0.1, -0.05) is 62.4 Å². The van der Waals surface area contributed by atoms with Crippen molar-refractivity contribution in [3.05, 3.63) is 84.7 Å². The third-order valence-electron chi connectivity index (χ3n) is 11.5. The Morgan fingerprint density at radius 1 is 0.721 bits per heavy atom. The highest BCUT2D eigenvalue weighted by molar-refractivity contribution is 5.91. The number of amides is 4. The van der Waals surface area contributed by atoms with Crippen LogP contribution in [0.15, 0.2) is 73.1 Å². The molecule has 0 aliphatic carbocycles. The highest BCUT2D eigenvalue weighted by Crippen LogP contribution is 2.36. The van der Waals surface area contributed by atoms with E-state index in [0.717, 1.165) is 69.5 Å². The number of carboxylic acid groups (broad SMARTS) is 1. The highest BCUT2D eigenvalue weighted by Gasteiger charge is 2.40. The number of aromatic nitrogens is 4. The first kappa shape index (κ1) is 42.9. The van der Waals surface area contributed by atoms with E-state index in [9.17, 15) is 24.3 Å². The Kier molecular flexibility index (Phi) is 12.5. The number of aromatic amines is 2. The maximum absolute atomic E-state index is 13.8. The number of alkyl carbamates (subject to hydrolysis) is 1. The number of likely N-dealkylation sites (tertiary alicyclic amines) is 2. The van der Waals surface area contributed by atoms with Gasteiger partial charge in [-0.2, -0.15) is 0 Å². The van der Waals surface area contributed by atoms with Crippen molar-refractivity contribution in [2.75, 3.05) is 20.2 Å². The van der Waals surface area contributed by atoms with Gasteiger partial charge in [0, 0.05) is 18.7 Å². The molecule has 2 aliphatic rings. The Morgan fingerprint density at radius 2 is 1.21 bits per heavy atom. The molecule has 7 rings (SSSR count). The molecule has 3 aromatic carbocycles. The zero-order chi connectivity index (χ0) is 43.6. The number of fused-ring (bicyclic) bond motifs is 1. The summed E-state index contributed by atoms with van der Waals surface area (Å²) in [6.45, 7) is 12.2. The third-order valence-corrected chi connectivity index (χ3v) is 11.5. The molecule has 0 radical (unpaired) electrons. The first-order chi connectivity index (χ1) is 29.1. The molecule has 2 fully saturated rings. The van der Waals surface area contributed by atoms with Crippen molar-refractivity contribution in [2.45, 2.75) is 103 Å². The van der Waals surface area contributed by atoms with Crippen molar-refractivity contribution < 1.29 is 33.8 Å². The molecule has 0 spiro atoms. The van der Waals surface area contributed by atoms with E-state index in [1.54, 1.807) is 18.0 Å². The molecule has 0 unspecified atom stereocenters. The number of hydrogen-bond donors (Lipinski definition) is 5. The summed E-state index contributed by atoms with van der Waals surface area (Å²) in [5, 5.41) is 16.8.